The number of carboxylic acids is 1. The van der Waals surface area contributed by atoms with E-state index in [0.717, 1.165) is 31.4 Å². The Labute approximate surface area is 94.7 Å². The Morgan fingerprint density at radius 1 is 1.50 bits per heavy atom. The van der Waals surface area contributed by atoms with Gasteiger partial charge < -0.3 is 10.4 Å². The van der Waals surface area contributed by atoms with Crippen LogP contribution in [-0.4, -0.2) is 28.1 Å². The van der Waals surface area contributed by atoms with Crippen molar-refractivity contribution >= 4 is 5.97 Å². The monoisotopic (exact) mass is 220 g/mol. The van der Waals surface area contributed by atoms with Crippen LogP contribution >= 0.6 is 0 Å². The van der Waals surface area contributed by atoms with Gasteiger partial charge in [0, 0.05) is 24.9 Å². The first-order valence-corrected chi connectivity index (χ1v) is 5.61. The molecule has 0 aliphatic heterocycles. The quantitative estimate of drug-likeness (QED) is 0.783. The molecule has 0 aromatic carbocycles. The van der Waals surface area contributed by atoms with Gasteiger partial charge in [0.15, 0.2) is 0 Å². The van der Waals surface area contributed by atoms with Gasteiger partial charge in [0.25, 0.3) is 0 Å². The summed E-state index contributed by atoms with van der Waals surface area (Å²) in [7, 11) is 0. The van der Waals surface area contributed by atoms with Crippen molar-refractivity contribution < 1.29 is 9.90 Å². The second kappa shape index (κ2) is 4.61. The average Bonchev–Trinajstić information content (AvgIpc) is 2.23. The Kier molecular flexibility index (Phi) is 3.19. The molecule has 2 rings (SSSR count). The summed E-state index contributed by atoms with van der Waals surface area (Å²) in [5.74, 6) is -0.722. The number of carboxylic acid groups (broad SMARTS) is 1. The number of nitrogens with one attached hydrogen (secondary N) is 1. The Hall–Kier alpha value is -1.42. The largest absolute Gasteiger partial charge is 0.480 e. The summed E-state index contributed by atoms with van der Waals surface area (Å²) in [5, 5.41) is 12.2. The summed E-state index contributed by atoms with van der Waals surface area (Å²) in [5.41, 5.74) is 0.337. The van der Waals surface area contributed by atoms with Gasteiger partial charge in [-0.25, -0.2) is 0 Å². The number of pyridine rings is 1. The van der Waals surface area contributed by atoms with E-state index in [1.54, 1.807) is 6.20 Å². The number of aromatic nitrogens is 1. The van der Waals surface area contributed by atoms with Crippen LogP contribution in [0.15, 0.2) is 24.4 Å². The van der Waals surface area contributed by atoms with Crippen molar-refractivity contribution in [3.05, 3.63) is 30.1 Å². The Bertz CT molecular complexity index is 361. The topological polar surface area (TPSA) is 62.2 Å². The molecule has 86 valence electrons. The van der Waals surface area contributed by atoms with E-state index in [4.69, 9.17) is 5.11 Å². The van der Waals surface area contributed by atoms with Crippen LogP contribution in [0.3, 0.4) is 0 Å². The van der Waals surface area contributed by atoms with Gasteiger partial charge in [-0.15, -0.1) is 0 Å². The molecule has 0 radical (unpaired) electrons. The van der Waals surface area contributed by atoms with Crippen LogP contribution in [0.5, 0.6) is 0 Å². The third-order valence-electron chi connectivity index (χ3n) is 3.19. The first kappa shape index (κ1) is 11.1. The molecule has 0 spiro atoms. The predicted molar refractivity (Wildman–Crippen MR) is 60.2 cm³/mol. The number of hydrogen-bond acceptors (Lipinski definition) is 3. The van der Waals surface area contributed by atoms with Gasteiger partial charge in [0.2, 0.25) is 0 Å². The molecule has 0 amide bonds. The lowest BCUT2D eigenvalue weighted by Crippen LogP contribution is -2.57. The number of aliphatic carboxylic acids is 1. The molecular weight excluding hydrogens is 204 g/mol. The fourth-order valence-electron chi connectivity index (χ4n) is 1.97. The zero-order valence-electron chi connectivity index (χ0n) is 9.15. The van der Waals surface area contributed by atoms with E-state index in [9.17, 15) is 4.79 Å². The normalized spacial score (nSPS) is 17.8. The minimum Gasteiger partial charge on any atom is -0.480 e. The Morgan fingerprint density at radius 2 is 2.31 bits per heavy atom. The van der Waals surface area contributed by atoms with Gasteiger partial charge in [-0.05, 0) is 31.4 Å². The van der Waals surface area contributed by atoms with Gasteiger partial charge in [-0.2, -0.15) is 0 Å². The minimum atomic E-state index is -0.722. The van der Waals surface area contributed by atoms with E-state index in [-0.39, 0.29) is 0 Å². The zero-order valence-corrected chi connectivity index (χ0v) is 9.15. The molecule has 0 atom stereocenters. The summed E-state index contributed by atoms with van der Waals surface area (Å²) >= 11 is 0. The molecule has 0 saturated heterocycles. The van der Waals surface area contributed by atoms with Gasteiger partial charge in [0.05, 0.1) is 0 Å². The highest BCUT2D eigenvalue weighted by Crippen LogP contribution is 2.31. The molecule has 1 aromatic rings. The highest BCUT2D eigenvalue weighted by molar-refractivity contribution is 5.79. The first-order valence-electron chi connectivity index (χ1n) is 5.61. The summed E-state index contributed by atoms with van der Waals surface area (Å²) in [6.07, 6.45) is 5.01. The number of hydrogen-bond donors (Lipinski definition) is 2. The van der Waals surface area contributed by atoms with Gasteiger partial charge >= 0.3 is 5.97 Å². The van der Waals surface area contributed by atoms with Crippen LogP contribution in [0.2, 0.25) is 0 Å². The fourth-order valence-corrected chi connectivity index (χ4v) is 1.97. The fraction of sp³-hybridized carbons (Fsp3) is 0.500. The Morgan fingerprint density at radius 3 is 2.81 bits per heavy atom. The summed E-state index contributed by atoms with van der Waals surface area (Å²) in [4.78, 5) is 15.3. The zero-order chi connectivity index (χ0) is 11.4. The highest BCUT2D eigenvalue weighted by Gasteiger charge is 2.43. The van der Waals surface area contributed by atoms with Gasteiger partial charge in [-0.1, -0.05) is 6.07 Å². The molecule has 1 fully saturated rings. The molecule has 2 N–H and O–H groups in total. The smallest absolute Gasteiger partial charge is 0.323 e. The maximum absolute atomic E-state index is 11.1. The van der Waals surface area contributed by atoms with E-state index in [0.29, 0.717) is 6.54 Å². The molecule has 16 heavy (non-hydrogen) atoms. The van der Waals surface area contributed by atoms with E-state index in [1.807, 2.05) is 18.2 Å². The summed E-state index contributed by atoms with van der Waals surface area (Å²) < 4.78 is 0. The summed E-state index contributed by atoms with van der Waals surface area (Å²) in [6, 6.07) is 5.77. The van der Waals surface area contributed by atoms with E-state index >= 15 is 0 Å². The van der Waals surface area contributed by atoms with Crippen LogP contribution in [0, 0.1) is 0 Å². The average molecular weight is 220 g/mol. The van der Waals surface area contributed by atoms with Crippen molar-refractivity contribution in [2.45, 2.75) is 31.2 Å². The maximum atomic E-state index is 11.1. The molecule has 1 aliphatic rings. The van der Waals surface area contributed by atoms with Crippen molar-refractivity contribution in [1.82, 2.24) is 10.3 Å². The van der Waals surface area contributed by atoms with Crippen LogP contribution in [0.25, 0.3) is 0 Å². The van der Waals surface area contributed by atoms with Crippen molar-refractivity contribution in [1.29, 1.82) is 0 Å². The minimum absolute atomic E-state index is 0.658. The van der Waals surface area contributed by atoms with Crippen molar-refractivity contribution in [2.75, 3.05) is 6.54 Å². The third-order valence-corrected chi connectivity index (χ3v) is 3.19. The third kappa shape index (κ3) is 2.22. The Balaban J connectivity index is 1.82. The molecule has 4 heteroatoms. The molecule has 1 saturated carbocycles. The molecule has 1 aliphatic carbocycles. The standard InChI is InChI=1S/C12H16N2O2/c15-11(16)12(6-3-7-12)14-9-5-10-4-1-2-8-13-10/h1-2,4,8,14H,3,5-7,9H2,(H,15,16). The van der Waals surface area contributed by atoms with Crippen molar-refractivity contribution in [2.24, 2.45) is 0 Å². The summed E-state index contributed by atoms with van der Waals surface area (Å²) in [6.45, 7) is 0.670. The molecule has 1 heterocycles. The molecule has 1 aromatic heterocycles. The van der Waals surface area contributed by atoms with Crippen LogP contribution in [0.4, 0.5) is 0 Å². The second-order valence-electron chi connectivity index (χ2n) is 4.24. The maximum Gasteiger partial charge on any atom is 0.323 e. The van der Waals surface area contributed by atoms with Crippen LogP contribution < -0.4 is 5.32 Å². The SMILES string of the molecule is O=C(O)C1(NCCc2ccccn2)CCC1. The van der Waals surface area contributed by atoms with E-state index < -0.39 is 11.5 Å². The highest BCUT2D eigenvalue weighted by atomic mass is 16.4. The van der Waals surface area contributed by atoms with Crippen molar-refractivity contribution in [3.63, 3.8) is 0 Å². The number of nitrogens with zero attached hydrogens (tertiary/aromatic N) is 1. The van der Waals surface area contributed by atoms with E-state index in [2.05, 4.69) is 10.3 Å². The lowest BCUT2D eigenvalue weighted by molar-refractivity contribution is -0.148. The lowest BCUT2D eigenvalue weighted by atomic mass is 9.77. The second-order valence-corrected chi connectivity index (χ2v) is 4.24. The van der Waals surface area contributed by atoms with Gasteiger partial charge in [-0.3, -0.25) is 9.78 Å². The van der Waals surface area contributed by atoms with Crippen LogP contribution in [0.1, 0.15) is 25.0 Å². The van der Waals surface area contributed by atoms with E-state index in [1.165, 1.54) is 0 Å². The lowest BCUT2D eigenvalue weighted by Gasteiger charge is -2.38. The molecular formula is C12H16N2O2. The van der Waals surface area contributed by atoms with Gasteiger partial charge in [0.1, 0.15) is 5.54 Å². The number of carbonyl (C=O) groups is 1. The number of rotatable bonds is 5. The first-order chi connectivity index (χ1) is 7.73. The predicted octanol–water partition coefficient (Wildman–Crippen LogP) is 1.22. The molecule has 0 bridgehead atoms. The molecule has 4 nitrogen and oxygen atoms in total. The van der Waals surface area contributed by atoms with Crippen molar-refractivity contribution in [3.8, 4) is 0 Å². The molecule has 0 unspecified atom stereocenters. The van der Waals surface area contributed by atoms with Crippen LogP contribution in [-0.2, 0) is 11.2 Å².